The smallest absolute Gasteiger partial charge is 0.243 e. The molecule has 1 heterocycles. The summed E-state index contributed by atoms with van der Waals surface area (Å²) in [5.41, 5.74) is 1.06. The van der Waals surface area contributed by atoms with Crippen LogP contribution < -0.4 is 0 Å². The zero-order valence-electron chi connectivity index (χ0n) is 11.1. The molecule has 0 N–H and O–H groups in total. The van der Waals surface area contributed by atoms with Gasteiger partial charge in [0.25, 0.3) is 0 Å². The van der Waals surface area contributed by atoms with Gasteiger partial charge in [0.05, 0.1) is 11.4 Å². The van der Waals surface area contributed by atoms with Gasteiger partial charge in [-0.3, -0.25) is 4.90 Å². The topological polar surface area (TPSA) is 40.6 Å². The molecule has 1 aliphatic heterocycles. The number of alkyl halides is 1. The van der Waals surface area contributed by atoms with Gasteiger partial charge in [0.15, 0.2) is 0 Å². The summed E-state index contributed by atoms with van der Waals surface area (Å²) in [6.07, 6.45) is 5.27. The maximum atomic E-state index is 12.5. The van der Waals surface area contributed by atoms with Gasteiger partial charge in [-0.1, -0.05) is 34.0 Å². The Morgan fingerprint density at radius 3 is 2.25 bits per heavy atom. The van der Waals surface area contributed by atoms with Crippen LogP contribution in [0.4, 0.5) is 0 Å². The van der Waals surface area contributed by atoms with E-state index in [-0.39, 0.29) is 0 Å². The first kappa shape index (κ1) is 15.5. The number of halogens is 1. The summed E-state index contributed by atoms with van der Waals surface area (Å²) in [5, 5.41) is 0.720. The summed E-state index contributed by atoms with van der Waals surface area (Å²) >= 11 is 3.35. The Morgan fingerprint density at radius 1 is 1.15 bits per heavy atom. The third kappa shape index (κ3) is 3.41. The standard InChI is InChI=1S/C14H17BrN2O2S/c1-2-7-16-8-10-17(11-9-16)20(18,19)14-5-3-13(12-15)4-6-14/h1,3-6H,7-12H2. The third-order valence-corrected chi connectivity index (χ3v) is 5.92. The maximum absolute atomic E-state index is 12.5. The molecule has 1 aliphatic rings. The second kappa shape index (κ2) is 6.72. The van der Waals surface area contributed by atoms with Gasteiger partial charge < -0.3 is 0 Å². The predicted molar refractivity (Wildman–Crippen MR) is 83.1 cm³/mol. The number of nitrogens with zero attached hydrogens (tertiary/aromatic N) is 2. The van der Waals surface area contributed by atoms with Crippen molar-refractivity contribution in [1.29, 1.82) is 0 Å². The Labute approximate surface area is 128 Å². The van der Waals surface area contributed by atoms with Gasteiger partial charge >= 0.3 is 0 Å². The van der Waals surface area contributed by atoms with Crippen LogP contribution in [0.5, 0.6) is 0 Å². The first-order valence-electron chi connectivity index (χ1n) is 6.39. The molecular formula is C14H17BrN2O2S. The van der Waals surface area contributed by atoms with Crippen molar-refractivity contribution < 1.29 is 8.42 Å². The third-order valence-electron chi connectivity index (χ3n) is 3.36. The Morgan fingerprint density at radius 2 is 1.75 bits per heavy atom. The fourth-order valence-electron chi connectivity index (χ4n) is 2.16. The van der Waals surface area contributed by atoms with Crippen LogP contribution in [0.1, 0.15) is 5.56 Å². The molecule has 1 aromatic carbocycles. The monoisotopic (exact) mass is 356 g/mol. The number of hydrogen-bond donors (Lipinski definition) is 0. The molecule has 0 atom stereocenters. The lowest BCUT2D eigenvalue weighted by Gasteiger charge is -2.32. The molecule has 1 fully saturated rings. The molecule has 1 aromatic rings. The van der Waals surface area contributed by atoms with Gasteiger partial charge in [-0.25, -0.2) is 8.42 Å². The van der Waals surface area contributed by atoms with Gasteiger partial charge in [0.2, 0.25) is 10.0 Å². The Bertz CT molecular complexity index is 585. The van der Waals surface area contributed by atoms with Crippen LogP contribution in [0.15, 0.2) is 29.2 Å². The van der Waals surface area contributed by atoms with Crippen LogP contribution >= 0.6 is 15.9 Å². The molecule has 2 rings (SSSR count). The van der Waals surface area contributed by atoms with Crippen molar-refractivity contribution in [2.75, 3.05) is 32.7 Å². The molecule has 0 aromatic heterocycles. The SMILES string of the molecule is C#CCN1CCN(S(=O)(=O)c2ccc(CBr)cc2)CC1. The summed E-state index contributed by atoms with van der Waals surface area (Å²) in [5.74, 6) is 2.59. The zero-order valence-corrected chi connectivity index (χ0v) is 13.5. The molecule has 20 heavy (non-hydrogen) atoms. The van der Waals surface area contributed by atoms with E-state index in [0.29, 0.717) is 37.6 Å². The highest BCUT2D eigenvalue weighted by Gasteiger charge is 2.27. The molecule has 0 aliphatic carbocycles. The molecule has 0 unspecified atom stereocenters. The van der Waals surface area contributed by atoms with Crippen molar-refractivity contribution in [2.24, 2.45) is 0 Å². The minimum Gasteiger partial charge on any atom is -0.290 e. The highest BCUT2D eigenvalue weighted by atomic mass is 79.9. The quantitative estimate of drug-likeness (QED) is 0.606. The van der Waals surface area contributed by atoms with Gasteiger partial charge in [0.1, 0.15) is 0 Å². The zero-order chi connectivity index (χ0) is 14.6. The lowest BCUT2D eigenvalue weighted by atomic mass is 10.2. The second-order valence-corrected chi connectivity index (χ2v) is 7.16. The molecule has 0 saturated carbocycles. The van der Waals surface area contributed by atoms with E-state index in [2.05, 4.69) is 26.8 Å². The van der Waals surface area contributed by atoms with Gasteiger partial charge in [0, 0.05) is 31.5 Å². The van der Waals surface area contributed by atoms with Crippen molar-refractivity contribution in [1.82, 2.24) is 9.21 Å². The van der Waals surface area contributed by atoms with E-state index in [9.17, 15) is 8.42 Å². The molecule has 1 saturated heterocycles. The normalized spacial score (nSPS) is 17.8. The van der Waals surface area contributed by atoms with E-state index in [4.69, 9.17) is 6.42 Å². The van der Waals surface area contributed by atoms with E-state index in [1.165, 1.54) is 4.31 Å². The summed E-state index contributed by atoms with van der Waals surface area (Å²) in [6.45, 7) is 2.92. The van der Waals surface area contributed by atoms with E-state index in [1.54, 1.807) is 12.1 Å². The summed E-state index contributed by atoms with van der Waals surface area (Å²) in [6, 6.07) is 6.99. The van der Waals surface area contributed by atoms with Crippen LogP contribution in [0, 0.1) is 12.3 Å². The minimum absolute atomic E-state index is 0.354. The van der Waals surface area contributed by atoms with Gasteiger partial charge in [-0.15, -0.1) is 6.42 Å². The first-order chi connectivity index (χ1) is 9.57. The van der Waals surface area contributed by atoms with Crippen LogP contribution in [0.3, 0.4) is 0 Å². The number of rotatable bonds is 4. The number of benzene rings is 1. The number of sulfonamides is 1. The maximum Gasteiger partial charge on any atom is 0.243 e. The summed E-state index contributed by atoms with van der Waals surface area (Å²) in [4.78, 5) is 2.44. The minimum atomic E-state index is -3.39. The summed E-state index contributed by atoms with van der Waals surface area (Å²) in [7, 11) is -3.39. The largest absolute Gasteiger partial charge is 0.290 e. The van der Waals surface area contributed by atoms with E-state index in [0.717, 1.165) is 10.9 Å². The van der Waals surface area contributed by atoms with E-state index in [1.807, 2.05) is 12.1 Å². The fourth-order valence-corrected chi connectivity index (χ4v) is 3.95. The molecule has 0 amide bonds. The Balaban J connectivity index is 2.09. The number of piperazine rings is 1. The molecule has 0 radical (unpaired) electrons. The molecular weight excluding hydrogens is 340 g/mol. The second-order valence-electron chi connectivity index (χ2n) is 4.66. The Kier molecular flexibility index (Phi) is 5.22. The van der Waals surface area contributed by atoms with Crippen molar-refractivity contribution in [3.63, 3.8) is 0 Å². The lowest BCUT2D eigenvalue weighted by Crippen LogP contribution is -2.48. The van der Waals surface area contributed by atoms with Crippen molar-refractivity contribution >= 4 is 26.0 Å². The molecule has 6 heteroatoms. The predicted octanol–water partition coefficient (Wildman–Crippen LogP) is 1.52. The van der Waals surface area contributed by atoms with Crippen LogP contribution in [-0.4, -0.2) is 50.3 Å². The van der Waals surface area contributed by atoms with Crippen molar-refractivity contribution in [3.05, 3.63) is 29.8 Å². The molecule has 108 valence electrons. The summed E-state index contributed by atoms with van der Waals surface area (Å²) < 4.78 is 26.5. The van der Waals surface area contributed by atoms with Gasteiger partial charge in [-0.05, 0) is 17.7 Å². The number of hydrogen-bond acceptors (Lipinski definition) is 3. The van der Waals surface area contributed by atoms with Crippen molar-refractivity contribution in [2.45, 2.75) is 10.2 Å². The number of terminal acetylenes is 1. The van der Waals surface area contributed by atoms with Gasteiger partial charge in [-0.2, -0.15) is 4.31 Å². The van der Waals surface area contributed by atoms with Crippen molar-refractivity contribution in [3.8, 4) is 12.3 Å². The highest BCUT2D eigenvalue weighted by molar-refractivity contribution is 9.08. The fraction of sp³-hybridized carbons (Fsp3) is 0.429. The molecule has 4 nitrogen and oxygen atoms in total. The lowest BCUT2D eigenvalue weighted by molar-refractivity contribution is 0.207. The van der Waals surface area contributed by atoms with Crippen LogP contribution in [0.2, 0.25) is 0 Å². The highest BCUT2D eigenvalue weighted by Crippen LogP contribution is 2.19. The van der Waals surface area contributed by atoms with E-state index >= 15 is 0 Å². The molecule has 0 bridgehead atoms. The average Bonchev–Trinajstić information content (AvgIpc) is 2.48. The van der Waals surface area contributed by atoms with E-state index < -0.39 is 10.0 Å². The molecule has 0 spiro atoms. The van der Waals surface area contributed by atoms with Crippen LogP contribution in [0.25, 0.3) is 0 Å². The first-order valence-corrected chi connectivity index (χ1v) is 8.95. The Hall–Kier alpha value is -0.870. The average molecular weight is 357 g/mol. The van der Waals surface area contributed by atoms with Crippen LogP contribution in [-0.2, 0) is 15.4 Å².